The topological polar surface area (TPSA) is 122 Å². The summed E-state index contributed by atoms with van der Waals surface area (Å²) in [5.74, 6) is 1.09. The summed E-state index contributed by atoms with van der Waals surface area (Å²) in [5.41, 5.74) is 3.12. The molecule has 0 saturated heterocycles. The average Bonchev–Trinajstić information content (AvgIpc) is 3.13. The molecule has 0 unspecified atom stereocenters. The van der Waals surface area contributed by atoms with Gasteiger partial charge in [0.05, 0.1) is 7.11 Å². The van der Waals surface area contributed by atoms with E-state index in [2.05, 4.69) is 15.5 Å². The molecule has 1 aliphatic heterocycles. The van der Waals surface area contributed by atoms with Gasteiger partial charge in [0.2, 0.25) is 0 Å². The third-order valence-electron chi connectivity index (χ3n) is 4.96. The standard InChI is InChI=1S/C24H29N5O4/c1-24(2)11-19-9-18(10-21(31-3)23(19)33-24)20(13-26-16-27-15-25)29-32-14-22(30)28-12-17-7-5-4-6-8-17/h4-10,15-16H,11-14H2,1-3H3,(H,28,30)(H2,25,26,27)/p+1. The van der Waals surface area contributed by atoms with E-state index in [1.807, 2.05) is 56.3 Å². The first kappa shape index (κ1) is 23.9. The van der Waals surface area contributed by atoms with Gasteiger partial charge in [0.15, 0.2) is 24.4 Å². The van der Waals surface area contributed by atoms with Crippen molar-refractivity contribution in [2.75, 3.05) is 20.3 Å². The van der Waals surface area contributed by atoms with Crippen molar-refractivity contribution in [1.29, 1.82) is 5.41 Å². The second-order valence-electron chi connectivity index (χ2n) is 8.15. The van der Waals surface area contributed by atoms with Crippen molar-refractivity contribution in [2.24, 2.45) is 10.1 Å². The lowest BCUT2D eigenvalue weighted by Gasteiger charge is -2.17. The van der Waals surface area contributed by atoms with E-state index in [1.54, 1.807) is 12.4 Å². The lowest BCUT2D eigenvalue weighted by molar-refractivity contribution is -0.513. The fourth-order valence-electron chi connectivity index (χ4n) is 3.49. The fraction of sp³-hybridized carbons (Fsp3) is 0.333. The maximum atomic E-state index is 12.2. The van der Waals surface area contributed by atoms with Crippen LogP contribution in [0.3, 0.4) is 0 Å². The molecule has 0 radical (unpaired) electrons. The van der Waals surface area contributed by atoms with Gasteiger partial charge in [0.1, 0.15) is 24.2 Å². The van der Waals surface area contributed by atoms with E-state index in [0.29, 0.717) is 24.6 Å². The highest BCUT2D eigenvalue weighted by atomic mass is 16.6. The Morgan fingerprint density at radius 1 is 1.30 bits per heavy atom. The van der Waals surface area contributed by atoms with Crippen molar-refractivity contribution >= 4 is 24.3 Å². The molecule has 9 nitrogen and oxygen atoms in total. The van der Waals surface area contributed by atoms with Gasteiger partial charge >= 0.3 is 0 Å². The van der Waals surface area contributed by atoms with Crippen LogP contribution in [-0.2, 0) is 22.6 Å². The quantitative estimate of drug-likeness (QED) is 0.273. The Kier molecular flexibility index (Phi) is 8.15. The smallest absolute Gasteiger partial charge is 0.261 e. The number of carbonyl (C=O) groups is 1. The fourth-order valence-corrected chi connectivity index (χ4v) is 3.49. The molecule has 33 heavy (non-hydrogen) atoms. The number of nitrogens with one attached hydrogen (secondary N) is 2. The molecule has 174 valence electrons. The Labute approximate surface area is 193 Å². The molecule has 2 aromatic carbocycles. The molecule has 0 spiro atoms. The van der Waals surface area contributed by atoms with E-state index in [9.17, 15) is 4.79 Å². The molecule has 0 aliphatic carbocycles. The number of quaternary nitrogens is 1. The van der Waals surface area contributed by atoms with Crippen molar-refractivity contribution in [3.63, 3.8) is 0 Å². The van der Waals surface area contributed by atoms with E-state index in [1.165, 1.54) is 6.34 Å². The number of rotatable bonds is 11. The van der Waals surface area contributed by atoms with Crippen molar-refractivity contribution in [3.05, 3.63) is 59.2 Å². The van der Waals surface area contributed by atoms with Gasteiger partial charge in [-0.15, -0.1) is 0 Å². The van der Waals surface area contributed by atoms with Gasteiger partial charge in [-0.3, -0.25) is 15.5 Å². The van der Waals surface area contributed by atoms with Crippen molar-refractivity contribution in [2.45, 2.75) is 32.4 Å². The lowest BCUT2D eigenvalue weighted by atomic mass is 9.98. The number of benzene rings is 2. The Bertz CT molecular complexity index is 1030. The SMILES string of the molecule is COc1cc(C(C[NH2+]C=NC=N)=NOCC(=O)NCc2ccccc2)cc2c1OC(C)(C)C2. The molecule has 3 rings (SSSR count). The van der Waals surface area contributed by atoms with Crippen LogP contribution in [0.1, 0.15) is 30.5 Å². The highest BCUT2D eigenvalue weighted by Gasteiger charge is 2.33. The molecular formula is C24H30N5O4+. The Morgan fingerprint density at radius 2 is 2.09 bits per heavy atom. The van der Waals surface area contributed by atoms with Crippen LogP contribution in [0, 0.1) is 5.41 Å². The number of fused-ring (bicyclic) bond motifs is 1. The molecule has 1 amide bonds. The number of nitrogens with two attached hydrogens (primary N) is 1. The number of methoxy groups -OCH3 is 1. The first-order valence-electron chi connectivity index (χ1n) is 10.7. The minimum Gasteiger partial charge on any atom is -0.493 e. The highest BCUT2D eigenvalue weighted by molar-refractivity contribution is 6.02. The van der Waals surface area contributed by atoms with Gasteiger partial charge in [-0.25, -0.2) is 0 Å². The normalized spacial score (nSPS) is 14.5. The number of oxime groups is 1. The Hall–Kier alpha value is -3.72. The van der Waals surface area contributed by atoms with Crippen LogP contribution >= 0.6 is 0 Å². The van der Waals surface area contributed by atoms with E-state index in [0.717, 1.165) is 35.2 Å². The minimum absolute atomic E-state index is 0.205. The summed E-state index contributed by atoms with van der Waals surface area (Å²) < 4.78 is 11.6. The number of hydrogen-bond acceptors (Lipinski definition) is 6. The average molecular weight is 453 g/mol. The summed E-state index contributed by atoms with van der Waals surface area (Å²) in [5, 5.41) is 15.8. The summed E-state index contributed by atoms with van der Waals surface area (Å²) in [4.78, 5) is 21.3. The van der Waals surface area contributed by atoms with Crippen LogP contribution < -0.4 is 20.1 Å². The summed E-state index contributed by atoms with van der Waals surface area (Å²) >= 11 is 0. The number of nitrogens with zero attached hydrogens (tertiary/aromatic N) is 2. The zero-order chi connectivity index (χ0) is 23.7. The third kappa shape index (κ3) is 6.88. The van der Waals surface area contributed by atoms with Gasteiger partial charge in [0.25, 0.3) is 5.91 Å². The molecule has 2 aromatic rings. The van der Waals surface area contributed by atoms with Gasteiger partial charge in [-0.05, 0) is 31.5 Å². The zero-order valence-corrected chi connectivity index (χ0v) is 19.1. The molecule has 0 saturated carbocycles. The molecule has 1 heterocycles. The number of hydrogen-bond donors (Lipinski definition) is 3. The summed E-state index contributed by atoms with van der Waals surface area (Å²) in [6.07, 6.45) is 3.21. The molecule has 1 aliphatic rings. The van der Waals surface area contributed by atoms with Crippen LogP contribution in [-0.4, -0.2) is 50.2 Å². The Balaban J connectivity index is 1.72. The number of aliphatic imine (C=N–C) groups is 1. The summed E-state index contributed by atoms with van der Waals surface area (Å²) in [6, 6.07) is 13.5. The number of ether oxygens (including phenoxy) is 2. The number of carbonyl (C=O) groups excluding carboxylic acids is 1. The first-order chi connectivity index (χ1) is 15.9. The van der Waals surface area contributed by atoms with Gasteiger partial charge < -0.3 is 19.6 Å². The third-order valence-corrected chi connectivity index (χ3v) is 4.96. The van der Waals surface area contributed by atoms with Gasteiger partial charge in [0, 0.05) is 24.1 Å². The predicted molar refractivity (Wildman–Crippen MR) is 126 cm³/mol. The van der Waals surface area contributed by atoms with Crippen molar-refractivity contribution in [3.8, 4) is 11.5 Å². The molecule has 4 N–H and O–H groups in total. The molecule has 9 heteroatoms. The second-order valence-corrected chi connectivity index (χ2v) is 8.15. The predicted octanol–water partition coefficient (Wildman–Crippen LogP) is 1.64. The van der Waals surface area contributed by atoms with E-state index in [-0.39, 0.29) is 18.1 Å². The van der Waals surface area contributed by atoms with E-state index >= 15 is 0 Å². The summed E-state index contributed by atoms with van der Waals surface area (Å²) in [6.45, 7) is 4.67. The van der Waals surface area contributed by atoms with Gasteiger partial charge in [-0.1, -0.05) is 35.5 Å². The van der Waals surface area contributed by atoms with Gasteiger partial charge in [-0.2, -0.15) is 4.99 Å². The van der Waals surface area contributed by atoms with Crippen LogP contribution in [0.4, 0.5) is 0 Å². The van der Waals surface area contributed by atoms with Crippen molar-refractivity contribution < 1.29 is 24.4 Å². The van der Waals surface area contributed by atoms with Crippen LogP contribution in [0.15, 0.2) is 52.6 Å². The largest absolute Gasteiger partial charge is 0.493 e. The van der Waals surface area contributed by atoms with E-state index < -0.39 is 0 Å². The summed E-state index contributed by atoms with van der Waals surface area (Å²) in [7, 11) is 1.60. The minimum atomic E-state index is -0.318. The van der Waals surface area contributed by atoms with Crippen LogP contribution in [0.2, 0.25) is 0 Å². The molecule has 0 fully saturated rings. The molecule has 0 atom stereocenters. The van der Waals surface area contributed by atoms with Crippen LogP contribution in [0.25, 0.3) is 0 Å². The molecular weight excluding hydrogens is 422 g/mol. The maximum absolute atomic E-state index is 12.2. The highest BCUT2D eigenvalue weighted by Crippen LogP contribution is 2.42. The molecule has 0 aromatic heterocycles. The van der Waals surface area contributed by atoms with E-state index in [4.69, 9.17) is 19.7 Å². The number of amides is 1. The maximum Gasteiger partial charge on any atom is 0.261 e. The Morgan fingerprint density at radius 3 is 2.82 bits per heavy atom. The second kappa shape index (κ2) is 11.2. The lowest BCUT2D eigenvalue weighted by Crippen LogP contribution is -2.84. The zero-order valence-electron chi connectivity index (χ0n) is 19.1. The molecule has 0 bridgehead atoms. The first-order valence-corrected chi connectivity index (χ1v) is 10.7. The van der Waals surface area contributed by atoms with Crippen molar-refractivity contribution in [1.82, 2.24) is 5.32 Å². The van der Waals surface area contributed by atoms with Crippen LogP contribution in [0.5, 0.6) is 11.5 Å². The monoisotopic (exact) mass is 452 g/mol.